The van der Waals surface area contributed by atoms with Crippen LogP contribution in [0.1, 0.15) is 0 Å². The molecular weight excluding hydrogens is 246 g/mol. The Labute approximate surface area is 93.0 Å². The normalized spacial score (nSPS) is 10.5. The van der Waals surface area contributed by atoms with E-state index >= 15 is 0 Å². The van der Waals surface area contributed by atoms with E-state index in [1.54, 1.807) is 7.11 Å². The van der Waals surface area contributed by atoms with Gasteiger partial charge in [0.15, 0.2) is 0 Å². The lowest BCUT2D eigenvalue weighted by molar-refractivity contribution is 0.205. The summed E-state index contributed by atoms with van der Waals surface area (Å²) in [5.74, 6) is 0.988. The fraction of sp³-hybridized carbons (Fsp3) is 0.667. The Balaban J connectivity index is 2.62. The van der Waals surface area contributed by atoms with Crippen molar-refractivity contribution in [1.29, 1.82) is 0 Å². The van der Waals surface area contributed by atoms with Crippen LogP contribution in [0.5, 0.6) is 0 Å². The zero-order chi connectivity index (χ0) is 10.4. The van der Waals surface area contributed by atoms with Gasteiger partial charge < -0.3 is 14.2 Å². The topological polar surface area (TPSA) is 30.3 Å². The SMILES string of the molecule is COCCN(CCBr)c1nccn1C. The molecule has 1 aromatic rings. The van der Waals surface area contributed by atoms with Crippen molar-refractivity contribution in [2.24, 2.45) is 7.05 Å². The van der Waals surface area contributed by atoms with E-state index in [1.165, 1.54) is 0 Å². The first-order valence-corrected chi connectivity index (χ1v) is 5.69. The molecule has 0 bridgehead atoms. The summed E-state index contributed by atoms with van der Waals surface area (Å²) in [5, 5.41) is 0.934. The van der Waals surface area contributed by atoms with E-state index in [1.807, 2.05) is 24.0 Å². The molecule has 0 aliphatic rings. The lowest BCUT2D eigenvalue weighted by Gasteiger charge is -2.22. The molecule has 1 aromatic heterocycles. The Bertz CT molecular complexity index is 264. The van der Waals surface area contributed by atoms with Crippen LogP contribution in [0.4, 0.5) is 5.95 Å². The number of aryl methyl sites for hydroxylation is 1. The van der Waals surface area contributed by atoms with Crippen molar-refractivity contribution in [3.05, 3.63) is 12.4 Å². The minimum atomic E-state index is 0.722. The summed E-state index contributed by atoms with van der Waals surface area (Å²) in [4.78, 5) is 6.49. The monoisotopic (exact) mass is 261 g/mol. The van der Waals surface area contributed by atoms with Crippen LogP contribution in [0.25, 0.3) is 0 Å². The Morgan fingerprint density at radius 2 is 2.36 bits per heavy atom. The first-order valence-electron chi connectivity index (χ1n) is 4.56. The third-order valence-electron chi connectivity index (χ3n) is 2.00. The number of halogens is 1. The Morgan fingerprint density at radius 3 is 2.86 bits per heavy atom. The van der Waals surface area contributed by atoms with Gasteiger partial charge in [-0.2, -0.15) is 0 Å². The van der Waals surface area contributed by atoms with Crippen LogP contribution in [0.3, 0.4) is 0 Å². The number of hydrogen-bond acceptors (Lipinski definition) is 3. The minimum absolute atomic E-state index is 0.722. The van der Waals surface area contributed by atoms with Gasteiger partial charge in [0.2, 0.25) is 5.95 Å². The molecule has 0 amide bonds. The maximum Gasteiger partial charge on any atom is 0.205 e. The van der Waals surface area contributed by atoms with Gasteiger partial charge in [0, 0.05) is 45.0 Å². The lowest BCUT2D eigenvalue weighted by atomic mass is 10.5. The molecule has 0 N–H and O–H groups in total. The number of nitrogens with zero attached hydrogens (tertiary/aromatic N) is 3. The molecule has 0 aliphatic heterocycles. The summed E-state index contributed by atoms with van der Waals surface area (Å²) in [7, 11) is 3.71. The summed E-state index contributed by atoms with van der Waals surface area (Å²) >= 11 is 3.43. The van der Waals surface area contributed by atoms with Crippen molar-refractivity contribution in [1.82, 2.24) is 9.55 Å². The molecule has 0 aliphatic carbocycles. The van der Waals surface area contributed by atoms with E-state index in [9.17, 15) is 0 Å². The van der Waals surface area contributed by atoms with E-state index in [4.69, 9.17) is 4.74 Å². The van der Waals surface area contributed by atoms with E-state index in [0.717, 1.165) is 31.0 Å². The number of imidazole rings is 1. The number of rotatable bonds is 6. The summed E-state index contributed by atoms with van der Waals surface area (Å²) in [5.41, 5.74) is 0. The second-order valence-electron chi connectivity index (χ2n) is 3.01. The summed E-state index contributed by atoms with van der Waals surface area (Å²) in [6.07, 6.45) is 3.76. The zero-order valence-electron chi connectivity index (χ0n) is 8.61. The molecule has 1 heterocycles. The molecule has 0 spiro atoms. The van der Waals surface area contributed by atoms with E-state index in [-0.39, 0.29) is 0 Å². The highest BCUT2D eigenvalue weighted by molar-refractivity contribution is 9.09. The Kier molecular flexibility index (Phi) is 4.97. The van der Waals surface area contributed by atoms with Gasteiger partial charge in [-0.3, -0.25) is 0 Å². The van der Waals surface area contributed by atoms with Gasteiger partial charge in [0.25, 0.3) is 0 Å². The highest BCUT2D eigenvalue weighted by Crippen LogP contribution is 2.09. The average Bonchev–Trinajstić information content (AvgIpc) is 2.59. The molecule has 0 atom stereocenters. The van der Waals surface area contributed by atoms with Gasteiger partial charge >= 0.3 is 0 Å². The van der Waals surface area contributed by atoms with Gasteiger partial charge in [0.1, 0.15) is 0 Å². The average molecular weight is 262 g/mol. The molecule has 0 fully saturated rings. The molecule has 0 saturated carbocycles. The molecule has 1 rings (SSSR count). The Morgan fingerprint density at radius 1 is 1.57 bits per heavy atom. The number of methoxy groups -OCH3 is 1. The standard InChI is InChI=1S/C9H16BrN3O/c1-12-6-4-11-9(12)13(5-3-10)7-8-14-2/h4,6H,3,5,7-8H2,1-2H3. The minimum Gasteiger partial charge on any atom is -0.383 e. The second-order valence-corrected chi connectivity index (χ2v) is 3.80. The fourth-order valence-corrected chi connectivity index (χ4v) is 1.71. The molecule has 80 valence electrons. The van der Waals surface area contributed by atoms with Crippen molar-refractivity contribution < 1.29 is 4.74 Å². The maximum atomic E-state index is 5.06. The molecular formula is C9H16BrN3O. The number of anilines is 1. The fourth-order valence-electron chi connectivity index (χ4n) is 1.28. The van der Waals surface area contributed by atoms with Crippen LogP contribution < -0.4 is 4.90 Å². The largest absolute Gasteiger partial charge is 0.383 e. The highest BCUT2D eigenvalue weighted by atomic mass is 79.9. The lowest BCUT2D eigenvalue weighted by Crippen LogP contribution is -2.31. The summed E-state index contributed by atoms with van der Waals surface area (Å²) in [6.45, 7) is 2.53. The van der Waals surface area contributed by atoms with Gasteiger partial charge in [-0.05, 0) is 0 Å². The summed E-state index contributed by atoms with van der Waals surface area (Å²) in [6, 6.07) is 0. The molecule has 4 nitrogen and oxygen atoms in total. The number of hydrogen-bond donors (Lipinski definition) is 0. The predicted molar refractivity (Wildman–Crippen MR) is 61.1 cm³/mol. The van der Waals surface area contributed by atoms with Gasteiger partial charge in [-0.25, -0.2) is 4.98 Å². The van der Waals surface area contributed by atoms with E-state index < -0.39 is 0 Å². The van der Waals surface area contributed by atoms with Crippen LogP contribution >= 0.6 is 15.9 Å². The highest BCUT2D eigenvalue weighted by Gasteiger charge is 2.09. The molecule has 0 aromatic carbocycles. The smallest absolute Gasteiger partial charge is 0.205 e. The van der Waals surface area contributed by atoms with Crippen molar-refractivity contribution in [2.45, 2.75) is 0 Å². The molecule has 5 heteroatoms. The van der Waals surface area contributed by atoms with Crippen molar-refractivity contribution in [3.63, 3.8) is 0 Å². The van der Waals surface area contributed by atoms with Gasteiger partial charge in [0.05, 0.1) is 6.61 Å². The quantitative estimate of drug-likeness (QED) is 0.723. The second kappa shape index (κ2) is 6.03. The first kappa shape index (κ1) is 11.5. The van der Waals surface area contributed by atoms with Crippen LogP contribution in [0.15, 0.2) is 12.4 Å². The molecule has 0 unspecified atom stereocenters. The number of ether oxygens (including phenoxy) is 1. The van der Waals surface area contributed by atoms with Crippen molar-refractivity contribution in [3.8, 4) is 0 Å². The van der Waals surface area contributed by atoms with E-state index in [2.05, 4.69) is 25.8 Å². The van der Waals surface area contributed by atoms with Crippen LogP contribution in [0.2, 0.25) is 0 Å². The first-order chi connectivity index (χ1) is 6.79. The third-order valence-corrected chi connectivity index (χ3v) is 2.35. The Hall–Kier alpha value is -0.550. The van der Waals surface area contributed by atoms with Crippen molar-refractivity contribution in [2.75, 3.05) is 37.0 Å². The summed E-state index contributed by atoms with van der Waals surface area (Å²) < 4.78 is 7.07. The van der Waals surface area contributed by atoms with Crippen LogP contribution in [0, 0.1) is 0 Å². The van der Waals surface area contributed by atoms with Crippen molar-refractivity contribution >= 4 is 21.9 Å². The van der Waals surface area contributed by atoms with Crippen LogP contribution in [-0.2, 0) is 11.8 Å². The maximum absolute atomic E-state index is 5.06. The number of aromatic nitrogens is 2. The van der Waals surface area contributed by atoms with Crippen LogP contribution in [-0.4, -0.2) is 41.7 Å². The molecule has 0 radical (unpaired) electrons. The number of alkyl halides is 1. The predicted octanol–water partition coefficient (Wildman–Crippen LogP) is 1.27. The third kappa shape index (κ3) is 2.99. The molecule has 0 saturated heterocycles. The van der Waals surface area contributed by atoms with E-state index in [0.29, 0.717) is 0 Å². The van der Waals surface area contributed by atoms with Gasteiger partial charge in [-0.15, -0.1) is 0 Å². The molecule has 14 heavy (non-hydrogen) atoms. The van der Waals surface area contributed by atoms with Gasteiger partial charge in [-0.1, -0.05) is 15.9 Å². The zero-order valence-corrected chi connectivity index (χ0v) is 10.2.